The van der Waals surface area contributed by atoms with E-state index in [4.69, 9.17) is 0 Å². The lowest BCUT2D eigenvalue weighted by Crippen LogP contribution is -2.09. The van der Waals surface area contributed by atoms with E-state index in [0.717, 1.165) is 24.1 Å². The molecular formula is C14H19NO. The topological polar surface area (TPSA) is 23.5 Å². The van der Waals surface area contributed by atoms with E-state index in [9.17, 15) is 5.11 Å². The van der Waals surface area contributed by atoms with Crippen molar-refractivity contribution < 1.29 is 5.11 Å². The van der Waals surface area contributed by atoms with Crippen molar-refractivity contribution in [1.29, 1.82) is 0 Å². The van der Waals surface area contributed by atoms with E-state index >= 15 is 0 Å². The van der Waals surface area contributed by atoms with E-state index < -0.39 is 0 Å². The Morgan fingerprint density at radius 3 is 2.75 bits per heavy atom. The number of allylic oxidation sites excluding steroid dienone is 1. The molecule has 1 aromatic carbocycles. The van der Waals surface area contributed by atoms with Gasteiger partial charge in [-0.2, -0.15) is 0 Å². The number of aryl methyl sites for hydroxylation is 1. The Morgan fingerprint density at radius 1 is 1.19 bits per heavy atom. The predicted octanol–water partition coefficient (Wildman–Crippen LogP) is 3.20. The third-order valence-corrected chi connectivity index (χ3v) is 3.12. The van der Waals surface area contributed by atoms with Gasteiger partial charge in [0, 0.05) is 19.7 Å². The molecule has 0 radical (unpaired) electrons. The molecular weight excluding hydrogens is 198 g/mol. The van der Waals surface area contributed by atoms with Gasteiger partial charge in [0.15, 0.2) is 0 Å². The van der Waals surface area contributed by atoms with Crippen molar-refractivity contribution in [1.82, 2.24) is 0 Å². The lowest BCUT2D eigenvalue weighted by Gasteiger charge is -2.19. The van der Waals surface area contributed by atoms with Crippen LogP contribution in [0.15, 0.2) is 18.2 Å². The molecule has 2 heteroatoms. The molecule has 2 rings (SSSR count). The number of anilines is 1. The number of rotatable bonds is 1. The fourth-order valence-corrected chi connectivity index (χ4v) is 2.18. The normalized spacial score (nSPS) is 15.1. The third kappa shape index (κ3) is 2.06. The molecule has 0 unspecified atom stereocenters. The Kier molecular flexibility index (Phi) is 3.18. The number of hydrogen-bond acceptors (Lipinski definition) is 2. The molecule has 0 saturated carbocycles. The first kappa shape index (κ1) is 11.1. The zero-order chi connectivity index (χ0) is 11.5. The van der Waals surface area contributed by atoms with Crippen LogP contribution in [0.25, 0.3) is 6.08 Å². The molecule has 16 heavy (non-hydrogen) atoms. The Bertz CT molecular complexity index is 407. The fraction of sp³-hybridized carbons (Fsp3) is 0.429. The average molecular weight is 217 g/mol. The van der Waals surface area contributed by atoms with Gasteiger partial charge in [0.1, 0.15) is 5.75 Å². The molecule has 1 aromatic rings. The molecule has 0 fully saturated rings. The van der Waals surface area contributed by atoms with Gasteiger partial charge in [0.2, 0.25) is 0 Å². The van der Waals surface area contributed by atoms with E-state index in [1.165, 1.54) is 18.4 Å². The summed E-state index contributed by atoms with van der Waals surface area (Å²) in [5, 5.41) is 10.2. The zero-order valence-electron chi connectivity index (χ0n) is 10.0. The predicted molar refractivity (Wildman–Crippen MR) is 69.0 cm³/mol. The highest BCUT2D eigenvalue weighted by Crippen LogP contribution is 2.34. The van der Waals surface area contributed by atoms with Crippen LogP contribution in [-0.4, -0.2) is 19.2 Å². The molecule has 1 aliphatic rings. The lowest BCUT2D eigenvalue weighted by atomic mass is 9.96. The van der Waals surface area contributed by atoms with E-state index in [-0.39, 0.29) is 0 Å². The molecule has 0 spiro atoms. The van der Waals surface area contributed by atoms with E-state index in [1.54, 1.807) is 0 Å². The molecule has 0 amide bonds. The number of phenols is 1. The SMILES string of the molecule is CN(C)c1ccc2c(c1O)C=CCCCC2. The first-order valence-corrected chi connectivity index (χ1v) is 5.89. The quantitative estimate of drug-likeness (QED) is 0.781. The Morgan fingerprint density at radius 2 is 2.00 bits per heavy atom. The van der Waals surface area contributed by atoms with Gasteiger partial charge in [-0.05, 0) is 37.3 Å². The van der Waals surface area contributed by atoms with Crippen molar-refractivity contribution in [3.05, 3.63) is 29.3 Å². The van der Waals surface area contributed by atoms with Crippen molar-refractivity contribution in [2.75, 3.05) is 19.0 Å². The zero-order valence-corrected chi connectivity index (χ0v) is 10.0. The van der Waals surface area contributed by atoms with E-state index in [1.807, 2.05) is 25.1 Å². The summed E-state index contributed by atoms with van der Waals surface area (Å²) in [6.07, 6.45) is 8.87. The molecule has 0 bridgehead atoms. The number of phenolic OH excluding ortho intramolecular Hbond substituents is 1. The average Bonchev–Trinajstić information content (AvgIpc) is 2.19. The highest BCUT2D eigenvalue weighted by atomic mass is 16.3. The Labute approximate surface area is 97.2 Å². The first-order chi connectivity index (χ1) is 7.70. The molecule has 0 aliphatic heterocycles. The second kappa shape index (κ2) is 4.60. The van der Waals surface area contributed by atoms with Crippen LogP contribution in [0.1, 0.15) is 30.4 Å². The molecule has 1 N–H and O–H groups in total. The monoisotopic (exact) mass is 217 g/mol. The summed E-state index contributed by atoms with van der Waals surface area (Å²) in [7, 11) is 3.90. The van der Waals surface area contributed by atoms with Crippen LogP contribution in [0.2, 0.25) is 0 Å². The number of hydrogen-bond donors (Lipinski definition) is 1. The summed E-state index contributed by atoms with van der Waals surface area (Å²) in [6.45, 7) is 0. The minimum Gasteiger partial charge on any atom is -0.505 e. The van der Waals surface area contributed by atoms with Crippen molar-refractivity contribution in [2.24, 2.45) is 0 Å². The van der Waals surface area contributed by atoms with E-state index in [2.05, 4.69) is 18.2 Å². The van der Waals surface area contributed by atoms with Gasteiger partial charge in [-0.3, -0.25) is 0 Å². The summed E-state index contributed by atoms with van der Waals surface area (Å²) >= 11 is 0. The maximum atomic E-state index is 10.2. The van der Waals surface area contributed by atoms with Crippen molar-refractivity contribution in [3.8, 4) is 5.75 Å². The number of nitrogens with zero attached hydrogens (tertiary/aromatic N) is 1. The molecule has 0 aromatic heterocycles. The van der Waals surface area contributed by atoms with Crippen molar-refractivity contribution in [2.45, 2.75) is 25.7 Å². The van der Waals surface area contributed by atoms with Crippen LogP contribution in [0.3, 0.4) is 0 Å². The van der Waals surface area contributed by atoms with Gasteiger partial charge in [0.05, 0.1) is 5.69 Å². The molecule has 0 heterocycles. The van der Waals surface area contributed by atoms with Gasteiger partial charge in [-0.25, -0.2) is 0 Å². The lowest BCUT2D eigenvalue weighted by molar-refractivity contribution is 0.473. The highest BCUT2D eigenvalue weighted by molar-refractivity contribution is 5.72. The Hall–Kier alpha value is -1.44. The molecule has 0 atom stereocenters. The van der Waals surface area contributed by atoms with Crippen LogP contribution in [-0.2, 0) is 6.42 Å². The van der Waals surface area contributed by atoms with Gasteiger partial charge < -0.3 is 10.0 Å². The molecule has 2 nitrogen and oxygen atoms in total. The highest BCUT2D eigenvalue weighted by Gasteiger charge is 2.12. The van der Waals surface area contributed by atoms with Gasteiger partial charge in [-0.15, -0.1) is 0 Å². The number of fused-ring (bicyclic) bond motifs is 1. The Balaban J connectivity index is 2.50. The third-order valence-electron chi connectivity index (χ3n) is 3.12. The maximum Gasteiger partial charge on any atom is 0.146 e. The van der Waals surface area contributed by atoms with Gasteiger partial charge in [-0.1, -0.05) is 18.2 Å². The molecule has 1 aliphatic carbocycles. The summed E-state index contributed by atoms with van der Waals surface area (Å²) in [4.78, 5) is 1.95. The summed E-state index contributed by atoms with van der Waals surface area (Å²) < 4.78 is 0. The van der Waals surface area contributed by atoms with Crippen LogP contribution in [0, 0.1) is 0 Å². The standard InChI is InChI=1S/C14H19NO/c1-15(2)13-10-9-11-7-5-3-4-6-8-12(11)14(13)16/h6,8-10,16H,3-5,7H2,1-2H3. The largest absolute Gasteiger partial charge is 0.505 e. The van der Waals surface area contributed by atoms with Gasteiger partial charge >= 0.3 is 0 Å². The fourth-order valence-electron chi connectivity index (χ4n) is 2.18. The maximum absolute atomic E-state index is 10.2. The van der Waals surface area contributed by atoms with Gasteiger partial charge in [0.25, 0.3) is 0 Å². The minimum atomic E-state index is 0.417. The summed E-state index contributed by atoms with van der Waals surface area (Å²) in [6, 6.07) is 4.14. The van der Waals surface area contributed by atoms with Crippen LogP contribution < -0.4 is 4.90 Å². The summed E-state index contributed by atoms with van der Waals surface area (Å²) in [5.74, 6) is 0.417. The van der Waals surface area contributed by atoms with Crippen LogP contribution in [0.5, 0.6) is 5.75 Å². The van der Waals surface area contributed by atoms with Crippen LogP contribution in [0.4, 0.5) is 5.69 Å². The second-order valence-corrected chi connectivity index (χ2v) is 4.55. The van der Waals surface area contributed by atoms with Crippen molar-refractivity contribution in [3.63, 3.8) is 0 Å². The van der Waals surface area contributed by atoms with E-state index in [0.29, 0.717) is 5.75 Å². The molecule has 0 saturated heterocycles. The van der Waals surface area contributed by atoms with Crippen LogP contribution >= 0.6 is 0 Å². The van der Waals surface area contributed by atoms with Crippen molar-refractivity contribution >= 4 is 11.8 Å². The number of aromatic hydroxyl groups is 1. The summed E-state index contributed by atoms with van der Waals surface area (Å²) in [5.41, 5.74) is 3.16. The smallest absolute Gasteiger partial charge is 0.146 e. The molecule has 86 valence electrons. The second-order valence-electron chi connectivity index (χ2n) is 4.55. The minimum absolute atomic E-state index is 0.417. The number of benzene rings is 1. The first-order valence-electron chi connectivity index (χ1n) is 5.89.